The standard InChI is InChI=1S/C15H14ClNO5/c1-2-8-9(11-7-12(15(18)19)22-17-11)6-10(16)14-13(8)20-4-3-5-21-14/h6-7H,2-5H2,1H3,(H,18,19). The smallest absolute Gasteiger partial charge is 0.374 e. The molecule has 1 aromatic carbocycles. The quantitative estimate of drug-likeness (QED) is 0.932. The monoisotopic (exact) mass is 323 g/mol. The third-order valence-electron chi connectivity index (χ3n) is 3.43. The number of carboxylic acids is 1. The van der Waals surface area contributed by atoms with Crippen molar-refractivity contribution in [1.29, 1.82) is 0 Å². The maximum Gasteiger partial charge on any atom is 0.374 e. The summed E-state index contributed by atoms with van der Waals surface area (Å²) in [6.45, 7) is 3.06. The molecule has 2 heterocycles. The molecule has 0 saturated heterocycles. The van der Waals surface area contributed by atoms with Crippen LogP contribution in [-0.4, -0.2) is 29.4 Å². The van der Waals surface area contributed by atoms with E-state index in [-0.39, 0.29) is 5.76 Å². The summed E-state index contributed by atoms with van der Waals surface area (Å²) in [5.41, 5.74) is 1.96. The van der Waals surface area contributed by atoms with Crippen molar-refractivity contribution in [3.8, 4) is 22.8 Å². The molecule has 7 heteroatoms. The Morgan fingerprint density at radius 2 is 2.05 bits per heavy atom. The average Bonchev–Trinajstić information content (AvgIpc) is 2.86. The van der Waals surface area contributed by atoms with Gasteiger partial charge in [-0.15, -0.1) is 0 Å². The first-order valence-electron chi connectivity index (χ1n) is 6.93. The lowest BCUT2D eigenvalue weighted by atomic mass is 10.00. The van der Waals surface area contributed by atoms with Crippen LogP contribution in [0.25, 0.3) is 11.3 Å². The first-order valence-corrected chi connectivity index (χ1v) is 7.31. The number of nitrogens with zero attached hydrogens (tertiary/aromatic N) is 1. The van der Waals surface area contributed by atoms with Crippen molar-refractivity contribution in [2.24, 2.45) is 0 Å². The third kappa shape index (κ3) is 2.50. The predicted octanol–water partition coefficient (Wildman–Crippen LogP) is 3.42. The van der Waals surface area contributed by atoms with Gasteiger partial charge >= 0.3 is 5.97 Å². The molecule has 0 fully saturated rings. The zero-order valence-corrected chi connectivity index (χ0v) is 12.6. The molecule has 0 amide bonds. The molecule has 0 atom stereocenters. The van der Waals surface area contributed by atoms with Gasteiger partial charge in [0.25, 0.3) is 0 Å². The first-order chi connectivity index (χ1) is 10.6. The van der Waals surface area contributed by atoms with Crippen molar-refractivity contribution in [3.63, 3.8) is 0 Å². The van der Waals surface area contributed by atoms with Gasteiger partial charge in [-0.2, -0.15) is 0 Å². The van der Waals surface area contributed by atoms with Crippen molar-refractivity contribution < 1.29 is 23.9 Å². The summed E-state index contributed by atoms with van der Waals surface area (Å²) >= 11 is 6.29. The van der Waals surface area contributed by atoms with E-state index >= 15 is 0 Å². The highest BCUT2D eigenvalue weighted by molar-refractivity contribution is 6.32. The zero-order chi connectivity index (χ0) is 15.7. The minimum absolute atomic E-state index is 0.222. The molecule has 0 saturated carbocycles. The number of hydrogen-bond acceptors (Lipinski definition) is 5. The summed E-state index contributed by atoms with van der Waals surface area (Å²) in [6.07, 6.45) is 1.43. The fraction of sp³-hybridized carbons (Fsp3) is 0.333. The summed E-state index contributed by atoms with van der Waals surface area (Å²) in [4.78, 5) is 10.9. The molecule has 2 aromatic rings. The van der Waals surface area contributed by atoms with Crippen molar-refractivity contribution in [3.05, 3.63) is 28.5 Å². The van der Waals surface area contributed by atoms with Gasteiger partial charge in [-0.05, 0) is 12.5 Å². The van der Waals surface area contributed by atoms with E-state index in [0.717, 1.165) is 12.0 Å². The van der Waals surface area contributed by atoms with Crippen LogP contribution in [-0.2, 0) is 6.42 Å². The average molecular weight is 324 g/mol. The van der Waals surface area contributed by atoms with Crippen LogP contribution in [0, 0.1) is 0 Å². The molecule has 22 heavy (non-hydrogen) atoms. The third-order valence-corrected chi connectivity index (χ3v) is 3.71. The van der Waals surface area contributed by atoms with Crippen LogP contribution in [0.1, 0.15) is 29.5 Å². The lowest BCUT2D eigenvalue weighted by Gasteiger charge is -2.16. The molecule has 1 aliphatic rings. The number of halogens is 1. The Balaban J connectivity index is 2.16. The Kier molecular flexibility index (Phi) is 3.94. The molecular weight excluding hydrogens is 310 g/mol. The molecule has 6 nitrogen and oxygen atoms in total. The second kappa shape index (κ2) is 5.88. The molecule has 0 spiro atoms. The van der Waals surface area contributed by atoms with E-state index in [4.69, 9.17) is 30.7 Å². The van der Waals surface area contributed by atoms with Crippen molar-refractivity contribution in [2.75, 3.05) is 13.2 Å². The van der Waals surface area contributed by atoms with E-state index in [2.05, 4.69) is 5.16 Å². The summed E-state index contributed by atoms with van der Waals surface area (Å²) < 4.78 is 16.3. The molecule has 3 rings (SSSR count). The maximum absolute atomic E-state index is 10.9. The predicted molar refractivity (Wildman–Crippen MR) is 78.9 cm³/mol. The molecule has 0 bridgehead atoms. The van der Waals surface area contributed by atoms with Crippen molar-refractivity contribution in [1.82, 2.24) is 5.16 Å². The minimum atomic E-state index is -1.17. The topological polar surface area (TPSA) is 81.8 Å². The number of rotatable bonds is 3. The van der Waals surface area contributed by atoms with E-state index in [0.29, 0.717) is 47.4 Å². The van der Waals surface area contributed by atoms with Gasteiger partial charge in [-0.25, -0.2) is 4.79 Å². The molecule has 1 aromatic heterocycles. The minimum Gasteiger partial charge on any atom is -0.489 e. The Bertz CT molecular complexity index is 725. The second-order valence-electron chi connectivity index (χ2n) is 4.83. The highest BCUT2D eigenvalue weighted by atomic mass is 35.5. The van der Waals surface area contributed by atoms with Crippen molar-refractivity contribution in [2.45, 2.75) is 19.8 Å². The Hall–Kier alpha value is -2.21. The molecule has 1 aliphatic heterocycles. The summed E-state index contributed by atoms with van der Waals surface area (Å²) in [7, 11) is 0. The number of carboxylic acid groups (broad SMARTS) is 1. The lowest BCUT2D eigenvalue weighted by molar-refractivity contribution is 0.0652. The Labute approximate surface area is 131 Å². The number of ether oxygens (including phenoxy) is 2. The highest BCUT2D eigenvalue weighted by Gasteiger charge is 2.24. The summed E-state index contributed by atoms with van der Waals surface area (Å²) in [5.74, 6) is -0.262. The summed E-state index contributed by atoms with van der Waals surface area (Å²) in [6, 6.07) is 3.08. The van der Waals surface area contributed by atoms with E-state index < -0.39 is 5.97 Å². The number of aromatic carboxylic acids is 1. The van der Waals surface area contributed by atoms with Gasteiger partial charge in [0, 0.05) is 23.6 Å². The number of carbonyl (C=O) groups is 1. The van der Waals surface area contributed by atoms with E-state index in [1.165, 1.54) is 6.07 Å². The lowest BCUT2D eigenvalue weighted by Crippen LogP contribution is -2.00. The van der Waals surface area contributed by atoms with Gasteiger partial charge < -0.3 is 19.1 Å². The Morgan fingerprint density at radius 3 is 2.68 bits per heavy atom. The molecule has 1 N–H and O–H groups in total. The first kappa shape index (κ1) is 14.7. The fourth-order valence-electron chi connectivity index (χ4n) is 2.42. The maximum atomic E-state index is 10.9. The summed E-state index contributed by atoms with van der Waals surface area (Å²) in [5, 5.41) is 13.2. The van der Waals surface area contributed by atoms with Crippen LogP contribution in [0.15, 0.2) is 16.7 Å². The van der Waals surface area contributed by atoms with E-state index in [9.17, 15) is 4.79 Å². The SMILES string of the molecule is CCc1c(-c2cc(C(=O)O)on2)cc(Cl)c2c1OCCCO2. The molecule has 0 unspecified atom stereocenters. The molecule has 0 aliphatic carbocycles. The normalized spacial score (nSPS) is 13.7. The van der Waals surface area contributed by atoms with Crippen molar-refractivity contribution >= 4 is 17.6 Å². The molecule has 0 radical (unpaired) electrons. The van der Waals surface area contributed by atoms with E-state index in [1.54, 1.807) is 6.07 Å². The van der Waals surface area contributed by atoms with Gasteiger partial charge in [0.1, 0.15) is 5.69 Å². The number of aromatic nitrogens is 1. The van der Waals surface area contributed by atoms with Crippen LogP contribution in [0.5, 0.6) is 11.5 Å². The largest absolute Gasteiger partial charge is 0.489 e. The van der Waals surface area contributed by atoms with Gasteiger partial charge in [-0.1, -0.05) is 23.7 Å². The highest BCUT2D eigenvalue weighted by Crippen LogP contribution is 2.44. The van der Waals surface area contributed by atoms with Crippen LogP contribution in [0.4, 0.5) is 0 Å². The van der Waals surface area contributed by atoms with Crippen LogP contribution in [0.2, 0.25) is 5.02 Å². The molecule has 116 valence electrons. The van der Waals surface area contributed by atoms with Crippen LogP contribution in [0.3, 0.4) is 0 Å². The molecular formula is C15H14ClNO5. The van der Waals surface area contributed by atoms with Gasteiger partial charge in [0.15, 0.2) is 11.5 Å². The van der Waals surface area contributed by atoms with Gasteiger partial charge in [-0.3, -0.25) is 0 Å². The van der Waals surface area contributed by atoms with Crippen LogP contribution >= 0.6 is 11.6 Å². The second-order valence-corrected chi connectivity index (χ2v) is 5.24. The number of fused-ring (bicyclic) bond motifs is 1. The fourth-order valence-corrected chi connectivity index (χ4v) is 2.67. The van der Waals surface area contributed by atoms with E-state index in [1.807, 2.05) is 6.92 Å². The van der Waals surface area contributed by atoms with Gasteiger partial charge in [0.05, 0.1) is 18.2 Å². The Morgan fingerprint density at radius 1 is 1.32 bits per heavy atom. The van der Waals surface area contributed by atoms with Gasteiger partial charge in [0.2, 0.25) is 5.76 Å². The zero-order valence-electron chi connectivity index (χ0n) is 11.9. The number of benzene rings is 1. The van der Waals surface area contributed by atoms with Crippen LogP contribution < -0.4 is 9.47 Å². The number of hydrogen-bond donors (Lipinski definition) is 1.